The van der Waals surface area contributed by atoms with Crippen LogP contribution < -0.4 is 10.6 Å². The van der Waals surface area contributed by atoms with E-state index in [1.165, 1.54) is 17.5 Å². The average molecular weight is 645 g/mol. The van der Waals surface area contributed by atoms with Gasteiger partial charge in [0.05, 0.1) is 17.5 Å². The van der Waals surface area contributed by atoms with Gasteiger partial charge in [0.25, 0.3) is 0 Å². The van der Waals surface area contributed by atoms with Gasteiger partial charge in [-0.3, -0.25) is 4.90 Å². The molecule has 1 aromatic carbocycles. The second-order valence-electron chi connectivity index (χ2n) is 13.7. The predicted molar refractivity (Wildman–Crippen MR) is 174 cm³/mol. The van der Waals surface area contributed by atoms with Crippen molar-refractivity contribution in [3.05, 3.63) is 70.8 Å². The van der Waals surface area contributed by atoms with Gasteiger partial charge in [-0.05, 0) is 79.8 Å². The summed E-state index contributed by atoms with van der Waals surface area (Å²) in [4.78, 5) is 15.0. The number of likely N-dealkylation sites (tertiary alicyclic amines) is 1. The number of thiophene rings is 1. The van der Waals surface area contributed by atoms with Crippen LogP contribution in [0.4, 0.5) is 24.7 Å². The number of anilines is 2. The lowest BCUT2D eigenvalue weighted by Gasteiger charge is -2.71. The highest BCUT2D eigenvalue weighted by Crippen LogP contribution is 2.69. The number of rotatable bonds is 9. The Hall–Kier alpha value is -4.08. The van der Waals surface area contributed by atoms with E-state index in [9.17, 15) is 18.4 Å². The Morgan fingerprint density at radius 1 is 1.11 bits per heavy atom. The summed E-state index contributed by atoms with van der Waals surface area (Å²) >= 11 is 1.07. The van der Waals surface area contributed by atoms with Gasteiger partial charge in [-0.1, -0.05) is 6.07 Å². The van der Waals surface area contributed by atoms with Crippen LogP contribution in [0.5, 0.6) is 0 Å². The topological polar surface area (TPSA) is 97.6 Å². The predicted octanol–water partition coefficient (Wildman–Crippen LogP) is 7.37. The number of aromatic amines is 1. The normalized spacial score (nSPS) is 23.3. The summed E-state index contributed by atoms with van der Waals surface area (Å²) in [5, 5.41) is 19.0. The molecular formula is C34H35F3N8S. The SMILES string of the molecule is Cc1c(CN2CCC(Nc3ncnc4sc(CC(F)(F)F)cc34)CC2)ccc2c1cc(C#N)n2CC12CC(Nc3cc[nH]c3)(C1)C2. The van der Waals surface area contributed by atoms with E-state index in [1.807, 2.05) is 12.4 Å². The maximum absolute atomic E-state index is 12.9. The third-order valence-electron chi connectivity index (χ3n) is 10.3. The van der Waals surface area contributed by atoms with Crippen molar-refractivity contribution >= 4 is 44.0 Å². The van der Waals surface area contributed by atoms with Crippen molar-refractivity contribution < 1.29 is 13.2 Å². The van der Waals surface area contributed by atoms with Crippen LogP contribution in [0.3, 0.4) is 0 Å². The first-order chi connectivity index (χ1) is 22.1. The molecule has 4 fully saturated rings. The van der Waals surface area contributed by atoms with Crippen molar-refractivity contribution in [3.63, 3.8) is 0 Å². The first-order valence-corrected chi connectivity index (χ1v) is 16.6. The van der Waals surface area contributed by atoms with Gasteiger partial charge in [-0.2, -0.15) is 18.4 Å². The third-order valence-corrected chi connectivity index (χ3v) is 11.3. The van der Waals surface area contributed by atoms with Crippen LogP contribution in [0.25, 0.3) is 21.1 Å². The molecule has 0 spiro atoms. The van der Waals surface area contributed by atoms with Crippen molar-refractivity contribution in [2.24, 2.45) is 5.41 Å². The molecule has 4 aliphatic rings. The summed E-state index contributed by atoms with van der Waals surface area (Å²) < 4.78 is 41.1. The van der Waals surface area contributed by atoms with Gasteiger partial charge >= 0.3 is 6.18 Å². The molecule has 0 unspecified atom stereocenters. The number of fused-ring (bicyclic) bond motifs is 2. The summed E-state index contributed by atoms with van der Waals surface area (Å²) in [7, 11) is 0. The second-order valence-corrected chi connectivity index (χ2v) is 14.8. The molecule has 3 N–H and O–H groups in total. The van der Waals surface area contributed by atoms with Crippen LogP contribution in [0.2, 0.25) is 0 Å². The highest BCUT2D eigenvalue weighted by molar-refractivity contribution is 7.18. The van der Waals surface area contributed by atoms with Gasteiger partial charge in [0.15, 0.2) is 0 Å². The highest BCUT2D eigenvalue weighted by Gasteiger charge is 2.67. The molecule has 12 heteroatoms. The Morgan fingerprint density at radius 3 is 2.63 bits per heavy atom. The summed E-state index contributed by atoms with van der Waals surface area (Å²) in [5.41, 5.74) is 5.98. The monoisotopic (exact) mass is 644 g/mol. The zero-order valence-corrected chi connectivity index (χ0v) is 26.4. The zero-order valence-electron chi connectivity index (χ0n) is 25.5. The molecule has 2 bridgehead atoms. The molecule has 46 heavy (non-hydrogen) atoms. The molecule has 0 atom stereocenters. The Kier molecular flexibility index (Phi) is 6.85. The van der Waals surface area contributed by atoms with Crippen LogP contribution >= 0.6 is 11.3 Å². The quantitative estimate of drug-likeness (QED) is 0.155. The molecule has 238 valence electrons. The lowest BCUT2D eigenvalue weighted by Crippen LogP contribution is -2.72. The second kappa shape index (κ2) is 10.7. The minimum atomic E-state index is -4.25. The minimum absolute atomic E-state index is 0.186. The standard InChI is InChI=1S/C34H35F3N8S/c1-21-22(15-44-8-5-23(6-9-44)42-30-28-11-26(12-34(35,36)37)46-31(28)41-20-40-30)2-3-29-27(21)10-25(13-38)45(29)19-32-16-33(17-32,18-32)43-24-4-7-39-14-24/h2-4,7,10-11,14,20,23,39,43H,5-6,8-9,12,15-19H2,1H3,(H,40,41,42). The molecular weight excluding hydrogens is 609 g/mol. The Bertz CT molecular complexity index is 1940. The number of piperidine rings is 1. The van der Waals surface area contributed by atoms with Crippen molar-refractivity contribution in [1.29, 1.82) is 5.26 Å². The maximum atomic E-state index is 12.9. The number of halogens is 3. The number of nitrogens with zero attached hydrogens (tertiary/aromatic N) is 5. The molecule has 5 heterocycles. The number of aromatic nitrogens is 4. The van der Waals surface area contributed by atoms with Gasteiger partial charge < -0.3 is 20.2 Å². The molecule has 9 rings (SSSR count). The molecule has 1 aliphatic heterocycles. The Morgan fingerprint density at radius 2 is 1.91 bits per heavy atom. The van der Waals surface area contributed by atoms with Gasteiger partial charge in [0.2, 0.25) is 0 Å². The summed E-state index contributed by atoms with van der Waals surface area (Å²) in [6.45, 7) is 5.68. The van der Waals surface area contributed by atoms with E-state index in [4.69, 9.17) is 0 Å². The number of nitrogens with one attached hydrogen (secondary N) is 3. The van der Waals surface area contributed by atoms with Crippen LogP contribution in [-0.2, 0) is 19.5 Å². The van der Waals surface area contributed by atoms with E-state index in [-0.39, 0.29) is 21.9 Å². The first kappa shape index (κ1) is 29.3. The highest BCUT2D eigenvalue weighted by atomic mass is 32.1. The van der Waals surface area contributed by atoms with E-state index in [0.717, 1.165) is 91.9 Å². The van der Waals surface area contributed by atoms with E-state index in [0.29, 0.717) is 16.0 Å². The number of H-pyrrole nitrogens is 1. The molecule has 0 amide bonds. The van der Waals surface area contributed by atoms with Crippen molar-refractivity contribution in [2.75, 3.05) is 23.7 Å². The summed E-state index contributed by atoms with van der Waals surface area (Å²) in [6, 6.07) is 12.8. The fourth-order valence-corrected chi connectivity index (χ4v) is 9.30. The molecule has 3 aliphatic carbocycles. The third kappa shape index (κ3) is 5.29. The number of hydrogen-bond donors (Lipinski definition) is 3. The Labute approximate surface area is 268 Å². The molecule has 3 saturated carbocycles. The number of aryl methyl sites for hydroxylation is 1. The van der Waals surface area contributed by atoms with Crippen molar-refractivity contribution in [3.8, 4) is 6.07 Å². The first-order valence-electron chi connectivity index (χ1n) is 15.8. The largest absolute Gasteiger partial charge is 0.393 e. The number of nitriles is 1. The van der Waals surface area contributed by atoms with Gasteiger partial charge in [0.1, 0.15) is 28.7 Å². The van der Waals surface area contributed by atoms with E-state index < -0.39 is 12.6 Å². The fourth-order valence-electron chi connectivity index (χ4n) is 8.27. The minimum Gasteiger partial charge on any atom is -0.378 e. The number of alkyl halides is 3. The molecule has 5 aromatic rings. The van der Waals surface area contributed by atoms with Crippen molar-refractivity contribution in [2.45, 2.75) is 76.3 Å². The van der Waals surface area contributed by atoms with Gasteiger partial charge in [-0.15, -0.1) is 11.3 Å². The number of benzene rings is 1. The van der Waals surface area contributed by atoms with Crippen molar-refractivity contribution in [1.82, 2.24) is 24.4 Å². The Balaban J connectivity index is 0.908. The van der Waals surface area contributed by atoms with Crippen LogP contribution in [-0.4, -0.2) is 55.3 Å². The van der Waals surface area contributed by atoms with E-state index >= 15 is 0 Å². The average Bonchev–Trinajstić information content (AvgIpc) is 3.72. The van der Waals surface area contributed by atoms with E-state index in [2.05, 4.69) is 72.3 Å². The summed E-state index contributed by atoms with van der Waals surface area (Å²) in [5.74, 6) is 0.609. The molecule has 8 nitrogen and oxygen atoms in total. The smallest absolute Gasteiger partial charge is 0.378 e. The lowest BCUT2D eigenvalue weighted by molar-refractivity contribution is -0.127. The number of hydrogen-bond acceptors (Lipinski definition) is 7. The molecule has 1 saturated heterocycles. The molecule has 0 radical (unpaired) electrons. The zero-order chi connectivity index (χ0) is 31.7. The van der Waals surface area contributed by atoms with Gasteiger partial charge in [-0.25, -0.2) is 9.97 Å². The summed E-state index contributed by atoms with van der Waals surface area (Å²) in [6.07, 6.45) is 5.37. The van der Waals surface area contributed by atoms with Crippen LogP contribution in [0.15, 0.2) is 49.1 Å². The fraction of sp³-hybridized carbons (Fsp3) is 0.441. The maximum Gasteiger partial charge on any atom is 0.393 e. The lowest BCUT2D eigenvalue weighted by atomic mass is 9.39. The van der Waals surface area contributed by atoms with Gasteiger partial charge in [0, 0.05) is 65.9 Å². The van der Waals surface area contributed by atoms with E-state index in [1.54, 1.807) is 6.07 Å². The van der Waals surface area contributed by atoms with Crippen LogP contribution in [0.1, 0.15) is 53.8 Å². The van der Waals surface area contributed by atoms with Crippen LogP contribution in [0, 0.1) is 23.7 Å². The molecule has 4 aromatic heterocycles.